The monoisotopic (exact) mass is 675 g/mol. The Bertz CT molecular complexity index is 367. The van der Waals surface area contributed by atoms with Crippen molar-refractivity contribution in [2.75, 3.05) is 33.1 Å². The number of halogens is 3. The number of rotatable bonds is 15. The molecule has 1 rings (SSSR count). The van der Waals surface area contributed by atoms with Crippen LogP contribution in [0.3, 0.4) is 0 Å². The van der Waals surface area contributed by atoms with E-state index in [1.807, 2.05) is 0 Å². The molecule has 0 aromatic carbocycles. The molecule has 0 fully saturated rings. The van der Waals surface area contributed by atoms with Crippen molar-refractivity contribution < 1.29 is 14.2 Å². The smallest absolute Gasteiger partial charge is 0.325 e. The van der Waals surface area contributed by atoms with E-state index >= 15 is 0 Å². The number of alkyl halides is 3. The number of nitrogens with zero attached hydrogens (tertiary/aromatic N) is 3. The van der Waals surface area contributed by atoms with Crippen LogP contribution in [-0.4, -0.2) is 48.1 Å². The Labute approximate surface area is 185 Å². The van der Waals surface area contributed by atoms with E-state index in [0.29, 0.717) is 19.8 Å². The molecule has 0 atom stereocenters. The van der Waals surface area contributed by atoms with Crippen molar-refractivity contribution in [2.24, 2.45) is 0 Å². The summed E-state index contributed by atoms with van der Waals surface area (Å²) >= 11 is 7.07. The highest BCUT2D eigenvalue weighted by Crippen LogP contribution is 2.16. The maximum Gasteiger partial charge on any atom is 0.325 e. The molecule has 1 aromatic rings. The lowest BCUT2D eigenvalue weighted by molar-refractivity contribution is 0.230. The first-order valence-electron chi connectivity index (χ1n) is 8.12. The van der Waals surface area contributed by atoms with Gasteiger partial charge in [0.1, 0.15) is 0 Å². The number of aromatic nitrogens is 3. The highest BCUT2D eigenvalue weighted by molar-refractivity contribution is 14.1. The molecule has 0 radical (unpaired) electrons. The average molecular weight is 675 g/mol. The zero-order chi connectivity index (χ0) is 17.5. The molecule has 0 aliphatic heterocycles. The van der Waals surface area contributed by atoms with Crippen molar-refractivity contribution in [1.29, 1.82) is 0 Å². The van der Waals surface area contributed by atoms with E-state index in [1.54, 1.807) is 0 Å². The predicted molar refractivity (Wildman–Crippen MR) is 121 cm³/mol. The largest absolute Gasteiger partial charge is 0.463 e. The van der Waals surface area contributed by atoms with Gasteiger partial charge in [0.2, 0.25) is 0 Å². The molecule has 0 saturated heterocycles. The lowest BCUT2D eigenvalue weighted by atomic mass is 10.4. The van der Waals surface area contributed by atoms with Crippen molar-refractivity contribution in [2.45, 2.75) is 38.5 Å². The first-order chi connectivity index (χ1) is 11.8. The first kappa shape index (κ1) is 22.6. The summed E-state index contributed by atoms with van der Waals surface area (Å²) in [5.41, 5.74) is 0. The summed E-state index contributed by atoms with van der Waals surface area (Å²) in [6, 6.07) is 0.851. The zero-order valence-corrected chi connectivity index (χ0v) is 20.2. The summed E-state index contributed by atoms with van der Waals surface area (Å²) in [6.07, 6.45) is 6.28. The van der Waals surface area contributed by atoms with Gasteiger partial charge in [-0.2, -0.15) is 0 Å². The zero-order valence-electron chi connectivity index (χ0n) is 13.7. The van der Waals surface area contributed by atoms with Crippen LogP contribution < -0.4 is 14.2 Å². The van der Waals surface area contributed by atoms with Crippen LogP contribution in [0.2, 0.25) is 0 Å². The van der Waals surface area contributed by atoms with Gasteiger partial charge in [-0.15, -0.1) is 15.0 Å². The van der Waals surface area contributed by atoms with Gasteiger partial charge in [0.25, 0.3) is 0 Å². The number of hydrogen-bond acceptors (Lipinski definition) is 6. The van der Waals surface area contributed by atoms with Gasteiger partial charge < -0.3 is 14.2 Å². The number of unbranched alkanes of at least 4 members (excludes halogenated alkanes) is 3. The Balaban J connectivity index is 2.58. The van der Waals surface area contributed by atoms with Gasteiger partial charge in [0, 0.05) is 0 Å². The molecular formula is C15H24I3N3O3. The van der Waals surface area contributed by atoms with Gasteiger partial charge in [0.15, 0.2) is 0 Å². The molecule has 0 aliphatic rings. The molecule has 9 heteroatoms. The summed E-state index contributed by atoms with van der Waals surface area (Å²) < 4.78 is 20.2. The van der Waals surface area contributed by atoms with E-state index in [-0.39, 0.29) is 18.0 Å². The quantitative estimate of drug-likeness (QED) is 0.153. The van der Waals surface area contributed by atoms with E-state index in [9.17, 15) is 0 Å². The third kappa shape index (κ3) is 11.3. The van der Waals surface area contributed by atoms with E-state index in [1.165, 1.54) is 0 Å². The fraction of sp³-hybridized carbons (Fsp3) is 0.800. The van der Waals surface area contributed by atoms with Crippen LogP contribution in [-0.2, 0) is 0 Å². The summed E-state index contributed by atoms with van der Waals surface area (Å²) in [7, 11) is 0. The van der Waals surface area contributed by atoms with Gasteiger partial charge in [0.05, 0.1) is 19.8 Å². The minimum absolute atomic E-state index is 0.284. The highest BCUT2D eigenvalue weighted by Gasteiger charge is 2.10. The van der Waals surface area contributed by atoms with Crippen molar-refractivity contribution in [3.05, 3.63) is 0 Å². The lowest BCUT2D eigenvalue weighted by Gasteiger charge is -2.09. The molecule has 0 saturated carbocycles. The van der Waals surface area contributed by atoms with Gasteiger partial charge in [-0.1, -0.05) is 67.8 Å². The highest BCUT2D eigenvalue weighted by atomic mass is 127. The van der Waals surface area contributed by atoms with Crippen molar-refractivity contribution in [3.8, 4) is 18.0 Å². The molecular weight excluding hydrogens is 651 g/mol. The van der Waals surface area contributed by atoms with Crippen LogP contribution in [0.15, 0.2) is 0 Å². The van der Waals surface area contributed by atoms with Gasteiger partial charge in [-0.25, -0.2) is 0 Å². The second-order valence-electron chi connectivity index (χ2n) is 4.92. The molecule has 0 amide bonds. The molecule has 0 spiro atoms. The van der Waals surface area contributed by atoms with Crippen LogP contribution >= 0.6 is 67.8 Å². The van der Waals surface area contributed by atoms with E-state index < -0.39 is 0 Å². The maximum absolute atomic E-state index is 5.62. The van der Waals surface area contributed by atoms with Gasteiger partial charge in [-0.3, -0.25) is 0 Å². The standard InChI is InChI=1S/C15H24I3N3O3/c16-7-1-4-10-22-13-19-14(23-11-5-2-8-17)21-15(20-13)24-12-6-3-9-18/h1-12H2. The minimum Gasteiger partial charge on any atom is -0.463 e. The summed E-state index contributed by atoms with van der Waals surface area (Å²) in [5, 5.41) is 0. The van der Waals surface area contributed by atoms with Crippen LogP contribution in [0.25, 0.3) is 0 Å². The van der Waals surface area contributed by atoms with Gasteiger partial charge in [-0.05, 0) is 51.8 Å². The Morgan fingerprint density at radius 2 is 0.792 bits per heavy atom. The van der Waals surface area contributed by atoms with Crippen molar-refractivity contribution in [1.82, 2.24) is 15.0 Å². The normalized spacial score (nSPS) is 10.6. The Hall–Kier alpha value is 0.600. The average Bonchev–Trinajstić information content (AvgIpc) is 2.59. The summed E-state index contributed by atoms with van der Waals surface area (Å²) in [6.45, 7) is 1.78. The second kappa shape index (κ2) is 15.8. The molecule has 24 heavy (non-hydrogen) atoms. The number of hydrogen-bond donors (Lipinski definition) is 0. The van der Waals surface area contributed by atoms with Crippen molar-refractivity contribution >= 4 is 67.8 Å². The van der Waals surface area contributed by atoms with E-state index in [2.05, 4.69) is 82.7 Å². The van der Waals surface area contributed by atoms with E-state index in [0.717, 1.165) is 51.8 Å². The summed E-state index contributed by atoms with van der Waals surface area (Å²) in [4.78, 5) is 12.7. The molecule has 1 heterocycles. The minimum atomic E-state index is 0.284. The first-order valence-corrected chi connectivity index (χ1v) is 12.7. The van der Waals surface area contributed by atoms with Gasteiger partial charge >= 0.3 is 18.0 Å². The SMILES string of the molecule is ICCCCOc1nc(OCCCCI)nc(OCCCCI)n1. The second-order valence-corrected chi connectivity index (χ2v) is 8.15. The Kier molecular flexibility index (Phi) is 14.9. The summed E-state index contributed by atoms with van der Waals surface area (Å²) in [5.74, 6) is 0. The van der Waals surface area contributed by atoms with Crippen LogP contribution in [0.1, 0.15) is 38.5 Å². The van der Waals surface area contributed by atoms with Crippen molar-refractivity contribution in [3.63, 3.8) is 0 Å². The Morgan fingerprint density at radius 1 is 0.500 bits per heavy atom. The third-order valence-corrected chi connectivity index (χ3v) is 5.14. The van der Waals surface area contributed by atoms with Crippen LogP contribution in [0.5, 0.6) is 18.0 Å². The lowest BCUT2D eigenvalue weighted by Crippen LogP contribution is -2.09. The topological polar surface area (TPSA) is 66.4 Å². The third-order valence-electron chi connectivity index (χ3n) is 2.85. The fourth-order valence-corrected chi connectivity index (χ4v) is 3.21. The molecule has 0 aliphatic carbocycles. The fourth-order valence-electron chi connectivity index (χ4n) is 1.59. The molecule has 1 aromatic heterocycles. The molecule has 0 bridgehead atoms. The molecule has 6 nitrogen and oxygen atoms in total. The van der Waals surface area contributed by atoms with Crippen LogP contribution in [0, 0.1) is 0 Å². The molecule has 0 unspecified atom stereocenters. The molecule has 0 N–H and O–H groups in total. The molecule has 138 valence electrons. The predicted octanol–water partition coefficient (Wildman–Crippen LogP) is 4.65. The Morgan fingerprint density at radius 3 is 1.04 bits per heavy atom. The number of ether oxygens (including phenoxy) is 3. The maximum atomic E-state index is 5.62. The van der Waals surface area contributed by atoms with E-state index in [4.69, 9.17) is 14.2 Å². The van der Waals surface area contributed by atoms with Crippen LogP contribution in [0.4, 0.5) is 0 Å².